The van der Waals surface area contributed by atoms with Crippen molar-refractivity contribution in [1.82, 2.24) is 9.97 Å². The predicted molar refractivity (Wildman–Crippen MR) is 109 cm³/mol. The molecule has 0 radical (unpaired) electrons. The van der Waals surface area contributed by atoms with E-state index in [0.717, 1.165) is 12.1 Å². The molecule has 7 heteroatoms. The lowest BCUT2D eigenvalue weighted by Gasteiger charge is -2.14. The van der Waals surface area contributed by atoms with Crippen molar-refractivity contribution in [2.75, 3.05) is 24.9 Å². The molecule has 0 amide bonds. The first-order chi connectivity index (χ1) is 13.1. The molecule has 0 fully saturated rings. The number of para-hydroxylation sites is 1. The summed E-state index contributed by atoms with van der Waals surface area (Å²) in [6.07, 6.45) is 2.62. The Hall–Kier alpha value is -2.99. The second-order valence-corrected chi connectivity index (χ2v) is 6.12. The molecule has 0 atom stereocenters. The Morgan fingerprint density at radius 1 is 0.963 bits per heavy atom. The van der Waals surface area contributed by atoms with Gasteiger partial charge in [0.2, 0.25) is 5.95 Å². The minimum Gasteiger partial charge on any atom is -0.495 e. The maximum atomic E-state index is 6.15. The van der Waals surface area contributed by atoms with E-state index < -0.39 is 0 Å². The molecule has 3 rings (SSSR count). The summed E-state index contributed by atoms with van der Waals surface area (Å²) in [7, 11) is 3.13. The van der Waals surface area contributed by atoms with Gasteiger partial charge in [0.25, 0.3) is 0 Å². The third-order valence-corrected chi connectivity index (χ3v) is 4.33. The molecule has 140 valence electrons. The first-order valence-electron chi connectivity index (χ1n) is 8.51. The number of hydrogen-bond donors (Lipinski definition) is 2. The number of aryl methyl sites for hydroxylation is 1. The number of ether oxygens (including phenoxy) is 2. The van der Waals surface area contributed by atoms with Gasteiger partial charge in [0.05, 0.1) is 24.9 Å². The normalized spacial score (nSPS) is 10.4. The van der Waals surface area contributed by atoms with Crippen molar-refractivity contribution in [3.05, 3.63) is 59.2 Å². The number of aromatic nitrogens is 2. The highest BCUT2D eigenvalue weighted by Crippen LogP contribution is 2.37. The molecule has 0 bridgehead atoms. The van der Waals surface area contributed by atoms with Crippen molar-refractivity contribution in [3.63, 3.8) is 0 Å². The van der Waals surface area contributed by atoms with Crippen molar-refractivity contribution < 1.29 is 9.47 Å². The van der Waals surface area contributed by atoms with Gasteiger partial charge in [0.1, 0.15) is 17.3 Å². The van der Waals surface area contributed by atoms with E-state index in [-0.39, 0.29) is 0 Å². The molecule has 1 heterocycles. The second-order valence-electron chi connectivity index (χ2n) is 5.71. The van der Waals surface area contributed by atoms with Gasteiger partial charge in [-0.05, 0) is 24.1 Å². The van der Waals surface area contributed by atoms with E-state index in [0.29, 0.717) is 34.0 Å². The molecule has 2 aromatic carbocycles. The van der Waals surface area contributed by atoms with E-state index in [9.17, 15) is 0 Å². The smallest absolute Gasteiger partial charge is 0.229 e. The summed E-state index contributed by atoms with van der Waals surface area (Å²) >= 11 is 6.15. The van der Waals surface area contributed by atoms with E-state index in [1.54, 1.807) is 32.5 Å². The SMILES string of the molecule is CCc1ccccc1Nc1ccnc(Nc2cc(OC)c(Cl)cc2OC)n1. The fraction of sp³-hybridized carbons (Fsp3) is 0.200. The number of rotatable bonds is 7. The number of nitrogens with zero attached hydrogens (tertiary/aromatic N) is 2. The number of methoxy groups -OCH3 is 2. The molecule has 3 aromatic rings. The summed E-state index contributed by atoms with van der Waals surface area (Å²) in [4.78, 5) is 8.81. The molecule has 1 aromatic heterocycles. The van der Waals surface area contributed by atoms with E-state index >= 15 is 0 Å². The van der Waals surface area contributed by atoms with Crippen molar-refractivity contribution >= 4 is 34.7 Å². The first kappa shape index (κ1) is 18.8. The van der Waals surface area contributed by atoms with Crippen LogP contribution in [0.1, 0.15) is 12.5 Å². The van der Waals surface area contributed by atoms with Gasteiger partial charge in [0, 0.05) is 24.0 Å². The van der Waals surface area contributed by atoms with Crippen LogP contribution in [0.15, 0.2) is 48.7 Å². The highest BCUT2D eigenvalue weighted by atomic mass is 35.5. The summed E-state index contributed by atoms with van der Waals surface area (Å²) in [6.45, 7) is 2.12. The predicted octanol–water partition coefficient (Wildman–Crippen LogP) is 5.20. The standard InChI is InChI=1S/C20H21ClN4O2/c1-4-13-7-5-6-8-15(13)23-19-9-10-22-20(25-19)24-16-12-17(26-2)14(21)11-18(16)27-3/h5-12H,4H2,1-3H3,(H2,22,23,24,25). The van der Waals surface area contributed by atoms with Crippen molar-refractivity contribution in [2.45, 2.75) is 13.3 Å². The lowest BCUT2D eigenvalue weighted by molar-refractivity contribution is 0.405. The van der Waals surface area contributed by atoms with Crippen LogP contribution in [0, 0.1) is 0 Å². The van der Waals surface area contributed by atoms with Crippen molar-refractivity contribution in [2.24, 2.45) is 0 Å². The number of benzene rings is 2. The molecule has 0 aliphatic rings. The Balaban J connectivity index is 1.86. The number of hydrogen-bond acceptors (Lipinski definition) is 6. The molecule has 27 heavy (non-hydrogen) atoms. The molecular formula is C20H21ClN4O2. The van der Waals surface area contributed by atoms with Gasteiger partial charge in [-0.1, -0.05) is 36.7 Å². The van der Waals surface area contributed by atoms with E-state index in [1.807, 2.05) is 24.3 Å². The summed E-state index contributed by atoms with van der Waals surface area (Å²) in [5, 5.41) is 6.96. The summed E-state index contributed by atoms with van der Waals surface area (Å²) in [6, 6.07) is 13.4. The molecule has 0 saturated heterocycles. The quantitative estimate of drug-likeness (QED) is 0.583. The molecule has 0 saturated carbocycles. The van der Waals surface area contributed by atoms with Gasteiger partial charge in [-0.25, -0.2) is 4.98 Å². The minimum absolute atomic E-state index is 0.427. The summed E-state index contributed by atoms with van der Waals surface area (Å²) < 4.78 is 10.7. The topological polar surface area (TPSA) is 68.3 Å². The highest BCUT2D eigenvalue weighted by molar-refractivity contribution is 6.32. The fourth-order valence-electron chi connectivity index (χ4n) is 2.66. The van der Waals surface area contributed by atoms with Crippen LogP contribution in [0.5, 0.6) is 11.5 Å². The molecule has 0 unspecified atom stereocenters. The molecule has 6 nitrogen and oxygen atoms in total. The fourth-order valence-corrected chi connectivity index (χ4v) is 2.89. The number of halogens is 1. The van der Waals surface area contributed by atoms with Crippen LogP contribution in [-0.2, 0) is 6.42 Å². The average Bonchev–Trinajstić information content (AvgIpc) is 2.69. The Bertz CT molecular complexity index is 934. The Labute approximate surface area is 163 Å². The minimum atomic E-state index is 0.427. The first-order valence-corrected chi connectivity index (χ1v) is 8.89. The van der Waals surface area contributed by atoms with E-state index in [1.165, 1.54) is 5.56 Å². The number of nitrogens with one attached hydrogen (secondary N) is 2. The van der Waals surface area contributed by atoms with E-state index in [2.05, 4.69) is 33.6 Å². The van der Waals surface area contributed by atoms with Crippen molar-refractivity contribution in [3.8, 4) is 11.5 Å². The van der Waals surface area contributed by atoms with Crippen molar-refractivity contribution in [1.29, 1.82) is 0 Å². The van der Waals surface area contributed by atoms with Gasteiger partial charge in [0.15, 0.2) is 0 Å². The van der Waals surface area contributed by atoms with Crippen LogP contribution in [0.3, 0.4) is 0 Å². The van der Waals surface area contributed by atoms with Gasteiger partial charge in [-0.2, -0.15) is 4.98 Å². The van der Waals surface area contributed by atoms with Crippen LogP contribution in [0.2, 0.25) is 5.02 Å². The largest absolute Gasteiger partial charge is 0.495 e. The van der Waals surface area contributed by atoms with Gasteiger partial charge in [-0.3, -0.25) is 0 Å². The zero-order chi connectivity index (χ0) is 19.2. The zero-order valence-electron chi connectivity index (χ0n) is 15.4. The van der Waals surface area contributed by atoms with Crippen LogP contribution < -0.4 is 20.1 Å². The lowest BCUT2D eigenvalue weighted by atomic mass is 10.1. The lowest BCUT2D eigenvalue weighted by Crippen LogP contribution is -2.03. The highest BCUT2D eigenvalue weighted by Gasteiger charge is 2.12. The maximum absolute atomic E-state index is 6.15. The van der Waals surface area contributed by atoms with Gasteiger partial charge >= 0.3 is 0 Å². The van der Waals surface area contributed by atoms with Crippen LogP contribution in [0.4, 0.5) is 23.1 Å². The second kappa shape index (κ2) is 8.60. The number of anilines is 4. The third-order valence-electron chi connectivity index (χ3n) is 4.04. The third kappa shape index (κ3) is 4.41. The summed E-state index contributed by atoms with van der Waals surface area (Å²) in [5.41, 5.74) is 2.90. The molecule has 2 N–H and O–H groups in total. The van der Waals surface area contributed by atoms with Crippen LogP contribution in [-0.4, -0.2) is 24.2 Å². The van der Waals surface area contributed by atoms with Gasteiger partial charge in [-0.15, -0.1) is 0 Å². The Morgan fingerprint density at radius 3 is 2.48 bits per heavy atom. The molecule has 0 spiro atoms. The van der Waals surface area contributed by atoms with Gasteiger partial charge < -0.3 is 20.1 Å². The molecular weight excluding hydrogens is 364 g/mol. The maximum Gasteiger partial charge on any atom is 0.229 e. The Kier molecular flexibility index (Phi) is 5.98. The zero-order valence-corrected chi connectivity index (χ0v) is 16.2. The Morgan fingerprint density at radius 2 is 1.74 bits per heavy atom. The monoisotopic (exact) mass is 384 g/mol. The summed E-state index contributed by atoms with van der Waals surface area (Å²) in [5.74, 6) is 2.22. The average molecular weight is 385 g/mol. The molecule has 0 aliphatic carbocycles. The molecule has 0 aliphatic heterocycles. The van der Waals surface area contributed by atoms with Crippen LogP contribution in [0.25, 0.3) is 0 Å². The van der Waals surface area contributed by atoms with E-state index in [4.69, 9.17) is 21.1 Å². The van der Waals surface area contributed by atoms with Crippen LogP contribution >= 0.6 is 11.6 Å².